The van der Waals surface area contributed by atoms with E-state index >= 15 is 0 Å². The minimum absolute atomic E-state index is 0.0717. The predicted molar refractivity (Wildman–Crippen MR) is 88.0 cm³/mol. The second kappa shape index (κ2) is 7.26. The summed E-state index contributed by atoms with van der Waals surface area (Å²) in [5.41, 5.74) is 2.40. The third-order valence-electron chi connectivity index (χ3n) is 3.38. The molecule has 2 heterocycles. The molecule has 3 aromatic rings. The van der Waals surface area contributed by atoms with Crippen LogP contribution in [0.25, 0.3) is 16.9 Å². The molecule has 0 fully saturated rings. The van der Waals surface area contributed by atoms with E-state index in [1.165, 1.54) is 36.8 Å². The highest BCUT2D eigenvalue weighted by molar-refractivity contribution is 7.78. The van der Waals surface area contributed by atoms with Gasteiger partial charge in [-0.3, -0.25) is 9.55 Å². The first-order valence-electron chi connectivity index (χ1n) is 7.23. The number of hydrogen-bond acceptors (Lipinski definition) is 4. The fraction of sp³-hybridized carbons (Fsp3) is 0.125. The van der Waals surface area contributed by atoms with Crippen LogP contribution in [-0.2, 0) is 16.8 Å². The summed E-state index contributed by atoms with van der Waals surface area (Å²) in [6.07, 6.45) is -0.115. The molecule has 1 unspecified atom stereocenters. The Hall–Kier alpha value is -2.72. The second-order valence-corrected chi connectivity index (χ2v) is 6.13. The Balaban J connectivity index is 1.85. The number of alkyl halides is 3. The number of ether oxygens (including phenoxy) is 1. The molecular weight excluding hydrogens is 371 g/mol. The number of hydrogen-bond donors (Lipinski definition) is 1. The number of halogens is 3. The summed E-state index contributed by atoms with van der Waals surface area (Å²) in [6.45, 7) is 0. The Kier molecular flexibility index (Phi) is 5.05. The predicted octanol–water partition coefficient (Wildman–Crippen LogP) is 3.55. The summed E-state index contributed by atoms with van der Waals surface area (Å²) < 4.78 is 62.0. The molecule has 1 N–H and O–H groups in total. The average molecular weight is 383 g/mol. The van der Waals surface area contributed by atoms with Gasteiger partial charge in [0.1, 0.15) is 5.75 Å². The van der Waals surface area contributed by atoms with Crippen LogP contribution < -0.4 is 4.74 Å². The summed E-state index contributed by atoms with van der Waals surface area (Å²) in [5.74, 6) is -0.382. The van der Waals surface area contributed by atoms with E-state index in [9.17, 15) is 17.4 Å². The van der Waals surface area contributed by atoms with Gasteiger partial charge in [0, 0.05) is 5.56 Å². The number of rotatable bonds is 5. The van der Waals surface area contributed by atoms with E-state index in [0.29, 0.717) is 22.6 Å². The number of aromatic nitrogens is 3. The van der Waals surface area contributed by atoms with Gasteiger partial charge in [-0.1, -0.05) is 0 Å². The van der Waals surface area contributed by atoms with Gasteiger partial charge in [-0.25, -0.2) is 9.19 Å². The van der Waals surface area contributed by atoms with E-state index in [2.05, 4.69) is 14.7 Å². The summed E-state index contributed by atoms with van der Waals surface area (Å²) in [6, 6.07) is 8.75. The zero-order valence-corrected chi connectivity index (χ0v) is 13.9. The van der Waals surface area contributed by atoms with Gasteiger partial charge in [0.25, 0.3) is 0 Å². The molecule has 0 aliphatic heterocycles. The van der Waals surface area contributed by atoms with Gasteiger partial charge in [-0.2, -0.15) is 0 Å². The summed E-state index contributed by atoms with van der Waals surface area (Å²) in [5, 5.41) is 0. The van der Waals surface area contributed by atoms with Crippen molar-refractivity contribution in [3.8, 4) is 22.7 Å². The molecule has 10 heteroatoms. The molecule has 0 bridgehead atoms. The minimum Gasteiger partial charge on any atom is -0.406 e. The smallest absolute Gasteiger partial charge is 0.406 e. The van der Waals surface area contributed by atoms with Crippen LogP contribution in [-0.4, -0.2) is 29.7 Å². The van der Waals surface area contributed by atoms with Crippen molar-refractivity contribution in [1.82, 2.24) is 14.5 Å². The van der Waals surface area contributed by atoms with Crippen LogP contribution >= 0.6 is 0 Å². The van der Waals surface area contributed by atoms with Crippen molar-refractivity contribution >= 4 is 11.1 Å². The number of benzene rings is 1. The van der Waals surface area contributed by atoms with Crippen molar-refractivity contribution in [3.63, 3.8) is 0 Å². The van der Waals surface area contributed by atoms with E-state index in [0.717, 1.165) is 0 Å². The molecule has 6 nitrogen and oxygen atoms in total. The first kappa shape index (κ1) is 18.1. The van der Waals surface area contributed by atoms with Gasteiger partial charge in [0.05, 0.1) is 41.5 Å². The number of pyridine rings is 1. The molecule has 0 amide bonds. The van der Waals surface area contributed by atoms with Crippen LogP contribution in [0, 0.1) is 0 Å². The maximum absolute atomic E-state index is 12.2. The maximum Gasteiger partial charge on any atom is 0.573 e. The van der Waals surface area contributed by atoms with Crippen molar-refractivity contribution in [2.75, 3.05) is 0 Å². The zero-order valence-electron chi connectivity index (χ0n) is 13.1. The van der Waals surface area contributed by atoms with Crippen molar-refractivity contribution in [3.05, 3.63) is 60.8 Å². The third-order valence-corrected chi connectivity index (χ3v) is 3.92. The fourth-order valence-corrected chi connectivity index (χ4v) is 2.74. The van der Waals surface area contributed by atoms with Crippen LogP contribution in [0.1, 0.15) is 5.69 Å². The van der Waals surface area contributed by atoms with Gasteiger partial charge in [-0.15, -0.1) is 13.2 Å². The molecule has 0 aliphatic rings. The SMILES string of the molecule is O=S(O)Cc1ccc(-n2cncc2-c2ccc(OC(F)(F)F)cc2)cn1. The van der Waals surface area contributed by atoms with Crippen molar-refractivity contribution in [2.45, 2.75) is 12.1 Å². The highest BCUT2D eigenvalue weighted by atomic mass is 32.2. The Bertz CT molecular complexity index is 909. The van der Waals surface area contributed by atoms with Crippen LogP contribution in [0.5, 0.6) is 5.75 Å². The third kappa shape index (κ3) is 4.46. The fourth-order valence-electron chi connectivity index (χ4n) is 2.31. The molecule has 3 rings (SSSR count). The molecule has 0 radical (unpaired) electrons. The standard InChI is InChI=1S/C16H12F3N3O3S/c17-16(18,19)25-14-5-1-11(2-6-14)15-8-20-10-22(15)13-4-3-12(21-7-13)9-26(23)24/h1-8,10H,9H2,(H,23,24). The summed E-state index contributed by atoms with van der Waals surface area (Å²) >= 11 is -1.98. The second-order valence-electron chi connectivity index (χ2n) is 5.19. The Morgan fingerprint density at radius 1 is 1.12 bits per heavy atom. The average Bonchev–Trinajstić information content (AvgIpc) is 3.04. The largest absolute Gasteiger partial charge is 0.573 e. The monoisotopic (exact) mass is 383 g/mol. The van der Waals surface area contributed by atoms with Crippen molar-refractivity contribution in [2.24, 2.45) is 0 Å². The molecule has 0 saturated carbocycles. The van der Waals surface area contributed by atoms with Gasteiger partial charge in [-0.05, 0) is 36.4 Å². The van der Waals surface area contributed by atoms with Gasteiger partial charge in [0.2, 0.25) is 0 Å². The van der Waals surface area contributed by atoms with E-state index in [1.807, 2.05) is 0 Å². The Morgan fingerprint density at radius 3 is 2.42 bits per heavy atom. The maximum atomic E-state index is 12.2. The van der Waals surface area contributed by atoms with Crippen molar-refractivity contribution in [1.29, 1.82) is 0 Å². The lowest BCUT2D eigenvalue weighted by Crippen LogP contribution is -2.16. The van der Waals surface area contributed by atoms with Gasteiger partial charge in [0.15, 0.2) is 11.1 Å². The van der Waals surface area contributed by atoms with Crippen LogP contribution in [0.3, 0.4) is 0 Å². The van der Waals surface area contributed by atoms with E-state index in [4.69, 9.17) is 4.55 Å². The van der Waals surface area contributed by atoms with Crippen LogP contribution in [0.4, 0.5) is 13.2 Å². The topological polar surface area (TPSA) is 77.2 Å². The van der Waals surface area contributed by atoms with Crippen LogP contribution in [0.15, 0.2) is 55.1 Å². The molecule has 136 valence electrons. The molecule has 26 heavy (non-hydrogen) atoms. The molecule has 2 aromatic heterocycles. The molecular formula is C16H12F3N3O3S. The quantitative estimate of drug-likeness (QED) is 0.682. The lowest BCUT2D eigenvalue weighted by atomic mass is 10.1. The first-order chi connectivity index (χ1) is 12.3. The summed E-state index contributed by atoms with van der Waals surface area (Å²) in [4.78, 5) is 8.18. The molecule has 1 aromatic carbocycles. The number of nitrogens with zero attached hydrogens (tertiary/aromatic N) is 3. The highest BCUT2D eigenvalue weighted by Crippen LogP contribution is 2.27. The lowest BCUT2D eigenvalue weighted by molar-refractivity contribution is -0.274. The molecule has 0 spiro atoms. The molecule has 0 aliphatic carbocycles. The Morgan fingerprint density at radius 2 is 1.85 bits per heavy atom. The van der Waals surface area contributed by atoms with E-state index < -0.39 is 17.4 Å². The van der Waals surface area contributed by atoms with Crippen LogP contribution in [0.2, 0.25) is 0 Å². The van der Waals surface area contributed by atoms with E-state index in [-0.39, 0.29) is 11.5 Å². The molecule has 0 saturated heterocycles. The van der Waals surface area contributed by atoms with Gasteiger partial charge < -0.3 is 9.29 Å². The van der Waals surface area contributed by atoms with E-state index in [1.54, 1.807) is 22.9 Å². The number of imidazole rings is 1. The lowest BCUT2D eigenvalue weighted by Gasteiger charge is -2.11. The van der Waals surface area contributed by atoms with Crippen molar-refractivity contribution < 1.29 is 26.7 Å². The normalized spacial score (nSPS) is 12.8. The van der Waals surface area contributed by atoms with Gasteiger partial charge >= 0.3 is 6.36 Å². The molecule has 1 atom stereocenters. The zero-order chi connectivity index (χ0) is 18.7. The summed E-state index contributed by atoms with van der Waals surface area (Å²) in [7, 11) is 0. The highest BCUT2D eigenvalue weighted by Gasteiger charge is 2.31. The Labute approximate surface area is 148 Å². The first-order valence-corrected chi connectivity index (χ1v) is 8.51. The minimum atomic E-state index is -4.74.